The number of sulfone groups is 1. The van der Waals surface area contributed by atoms with Crippen molar-refractivity contribution in [2.45, 2.75) is 36.0 Å². The molecule has 0 radical (unpaired) electrons. The normalized spacial score (nSPS) is 14.5. The molecule has 1 amide bonds. The van der Waals surface area contributed by atoms with Gasteiger partial charge >= 0.3 is 5.97 Å². The average Bonchev–Trinajstić information content (AvgIpc) is 2.85. The van der Waals surface area contributed by atoms with Crippen LogP contribution in [-0.2, 0) is 19.4 Å². The van der Waals surface area contributed by atoms with Crippen molar-refractivity contribution in [2.24, 2.45) is 0 Å². The Morgan fingerprint density at radius 2 is 1.62 bits per heavy atom. The maximum atomic E-state index is 13.0. The third-order valence-corrected chi connectivity index (χ3v) is 7.73. The number of amides is 1. The molecule has 0 aliphatic carbocycles. The SMILES string of the molecule is CC[C@H](C)c1ccc(NC(=O)COC(=O)c2ccc3c(c2)S(=O)(=O)c2ccccc2C3=O)cc1. The van der Waals surface area contributed by atoms with Crippen LogP contribution in [0, 0.1) is 0 Å². The number of carbonyl (C=O) groups excluding carboxylic acids is 3. The van der Waals surface area contributed by atoms with Crippen molar-refractivity contribution in [3.63, 3.8) is 0 Å². The van der Waals surface area contributed by atoms with Gasteiger partial charge in [-0.15, -0.1) is 0 Å². The van der Waals surface area contributed by atoms with Crippen molar-refractivity contribution >= 4 is 33.2 Å². The molecule has 0 aromatic heterocycles. The smallest absolute Gasteiger partial charge is 0.338 e. The highest BCUT2D eigenvalue weighted by atomic mass is 32.2. The van der Waals surface area contributed by atoms with E-state index in [9.17, 15) is 22.8 Å². The Labute approximate surface area is 197 Å². The van der Waals surface area contributed by atoms with Crippen LogP contribution < -0.4 is 5.32 Å². The van der Waals surface area contributed by atoms with Crippen LogP contribution in [0.25, 0.3) is 0 Å². The molecule has 0 spiro atoms. The average molecular weight is 478 g/mol. The predicted octanol–water partition coefficient (Wildman–Crippen LogP) is 4.37. The summed E-state index contributed by atoms with van der Waals surface area (Å²) in [6, 6.07) is 17.1. The van der Waals surface area contributed by atoms with Crippen molar-refractivity contribution in [2.75, 3.05) is 11.9 Å². The molecule has 0 unspecified atom stereocenters. The summed E-state index contributed by atoms with van der Waals surface area (Å²) >= 11 is 0. The van der Waals surface area contributed by atoms with Crippen LogP contribution in [0.2, 0.25) is 0 Å². The minimum atomic E-state index is -3.98. The third kappa shape index (κ3) is 4.36. The Morgan fingerprint density at radius 1 is 0.941 bits per heavy atom. The van der Waals surface area contributed by atoms with Crippen molar-refractivity contribution in [1.29, 1.82) is 0 Å². The molecule has 1 heterocycles. The van der Waals surface area contributed by atoms with Crippen LogP contribution in [0.1, 0.15) is 58.0 Å². The van der Waals surface area contributed by atoms with E-state index >= 15 is 0 Å². The highest BCUT2D eigenvalue weighted by molar-refractivity contribution is 7.91. The quantitative estimate of drug-likeness (QED) is 0.413. The number of rotatable bonds is 6. The van der Waals surface area contributed by atoms with Crippen molar-refractivity contribution in [3.05, 3.63) is 89.0 Å². The number of anilines is 1. The summed E-state index contributed by atoms with van der Waals surface area (Å²) in [5.74, 6) is -1.42. The molecule has 3 aromatic carbocycles. The topological polar surface area (TPSA) is 107 Å². The Morgan fingerprint density at radius 3 is 2.32 bits per heavy atom. The van der Waals surface area contributed by atoms with Crippen LogP contribution in [0.3, 0.4) is 0 Å². The fourth-order valence-electron chi connectivity index (χ4n) is 3.75. The van der Waals surface area contributed by atoms with Gasteiger partial charge in [-0.1, -0.05) is 38.1 Å². The van der Waals surface area contributed by atoms with Crippen LogP contribution in [0.4, 0.5) is 5.69 Å². The fourth-order valence-corrected chi connectivity index (χ4v) is 5.43. The number of esters is 1. The molecule has 1 aliphatic rings. The van der Waals surface area contributed by atoms with Gasteiger partial charge in [-0.25, -0.2) is 13.2 Å². The zero-order chi connectivity index (χ0) is 24.5. The first kappa shape index (κ1) is 23.4. The largest absolute Gasteiger partial charge is 0.452 e. The molecule has 7 nitrogen and oxygen atoms in total. The molecule has 1 N–H and O–H groups in total. The summed E-state index contributed by atoms with van der Waals surface area (Å²) in [6.45, 7) is 3.68. The Hall–Kier alpha value is -3.78. The van der Waals surface area contributed by atoms with E-state index in [2.05, 4.69) is 19.2 Å². The summed E-state index contributed by atoms with van der Waals surface area (Å²) in [4.78, 5) is 37.1. The van der Waals surface area contributed by atoms with Crippen molar-refractivity contribution in [3.8, 4) is 0 Å². The Balaban J connectivity index is 1.45. The van der Waals surface area contributed by atoms with Gasteiger partial charge in [0.25, 0.3) is 5.91 Å². The van der Waals surface area contributed by atoms with Crippen LogP contribution >= 0.6 is 0 Å². The highest BCUT2D eigenvalue weighted by Crippen LogP contribution is 2.34. The van der Waals surface area contributed by atoms with E-state index in [0.717, 1.165) is 18.1 Å². The van der Waals surface area contributed by atoms with Gasteiger partial charge in [0.1, 0.15) is 0 Å². The second kappa shape index (κ2) is 9.23. The van der Waals surface area contributed by atoms with Gasteiger partial charge in [-0.3, -0.25) is 9.59 Å². The van der Waals surface area contributed by atoms with E-state index in [1.165, 1.54) is 30.3 Å². The van der Waals surface area contributed by atoms with Crippen LogP contribution in [0.5, 0.6) is 0 Å². The number of ether oxygens (including phenoxy) is 1. The van der Waals surface area contributed by atoms with Crippen molar-refractivity contribution in [1.82, 2.24) is 0 Å². The lowest BCUT2D eigenvalue weighted by atomic mass is 9.99. The highest BCUT2D eigenvalue weighted by Gasteiger charge is 2.35. The van der Waals surface area contributed by atoms with E-state index in [0.29, 0.717) is 11.6 Å². The lowest BCUT2D eigenvalue weighted by Crippen LogP contribution is -2.22. The Kier molecular flexibility index (Phi) is 6.34. The summed E-state index contributed by atoms with van der Waals surface area (Å²) in [7, 11) is -3.98. The number of nitrogens with one attached hydrogen (secondary N) is 1. The van der Waals surface area contributed by atoms with Gasteiger partial charge in [-0.2, -0.15) is 0 Å². The lowest BCUT2D eigenvalue weighted by Gasteiger charge is -2.19. The molecular formula is C26H23NO6S. The standard InChI is InChI=1S/C26H23NO6S/c1-3-16(2)17-8-11-19(12-9-17)27-24(28)15-33-26(30)18-10-13-21-23(14-18)34(31,32)22-7-5-4-6-20(22)25(21)29/h4-14,16H,3,15H2,1-2H3,(H,27,28)/t16-/m0/s1. The molecule has 0 bridgehead atoms. The number of hydrogen-bond donors (Lipinski definition) is 1. The number of ketones is 1. The first-order valence-electron chi connectivity index (χ1n) is 10.8. The van der Waals surface area contributed by atoms with Gasteiger partial charge in [0, 0.05) is 16.8 Å². The predicted molar refractivity (Wildman–Crippen MR) is 126 cm³/mol. The van der Waals surface area contributed by atoms with Gasteiger partial charge in [0.05, 0.1) is 15.4 Å². The van der Waals surface area contributed by atoms with E-state index < -0.39 is 34.1 Å². The minimum absolute atomic E-state index is 0.00571. The molecule has 174 valence electrons. The summed E-state index contributed by atoms with van der Waals surface area (Å²) in [5.41, 5.74) is 1.76. The second-order valence-electron chi connectivity index (χ2n) is 8.10. The van der Waals surface area contributed by atoms with E-state index in [1.54, 1.807) is 18.2 Å². The van der Waals surface area contributed by atoms with E-state index in [1.807, 2.05) is 12.1 Å². The summed E-state index contributed by atoms with van der Waals surface area (Å²) < 4.78 is 31.1. The molecule has 0 fully saturated rings. The molecule has 0 saturated heterocycles. The number of benzene rings is 3. The summed E-state index contributed by atoms with van der Waals surface area (Å²) in [5, 5.41) is 2.66. The summed E-state index contributed by atoms with van der Waals surface area (Å²) in [6.07, 6.45) is 1.01. The zero-order valence-electron chi connectivity index (χ0n) is 18.7. The van der Waals surface area contributed by atoms with E-state index in [4.69, 9.17) is 4.74 Å². The second-order valence-corrected chi connectivity index (χ2v) is 9.98. The zero-order valence-corrected chi connectivity index (χ0v) is 19.5. The maximum absolute atomic E-state index is 13.0. The molecule has 34 heavy (non-hydrogen) atoms. The monoisotopic (exact) mass is 477 g/mol. The molecule has 1 atom stereocenters. The van der Waals surface area contributed by atoms with Gasteiger partial charge in [0.2, 0.25) is 9.84 Å². The minimum Gasteiger partial charge on any atom is -0.452 e. The third-order valence-electron chi connectivity index (χ3n) is 5.88. The maximum Gasteiger partial charge on any atom is 0.338 e. The molecule has 4 rings (SSSR count). The molecule has 8 heteroatoms. The first-order valence-corrected chi connectivity index (χ1v) is 12.3. The number of carbonyl (C=O) groups is 3. The number of hydrogen-bond acceptors (Lipinski definition) is 6. The molecule has 0 saturated carbocycles. The molecular weight excluding hydrogens is 454 g/mol. The number of fused-ring (bicyclic) bond motifs is 2. The first-order chi connectivity index (χ1) is 16.2. The van der Waals surface area contributed by atoms with Gasteiger partial charge in [-0.05, 0) is 60.4 Å². The van der Waals surface area contributed by atoms with Gasteiger partial charge < -0.3 is 10.1 Å². The van der Waals surface area contributed by atoms with Crippen LogP contribution in [0.15, 0.2) is 76.5 Å². The Bertz CT molecular complexity index is 1390. The van der Waals surface area contributed by atoms with Crippen molar-refractivity contribution < 1.29 is 27.5 Å². The van der Waals surface area contributed by atoms with Crippen LogP contribution in [-0.4, -0.2) is 32.7 Å². The van der Waals surface area contributed by atoms with Gasteiger partial charge in [0.15, 0.2) is 12.4 Å². The molecule has 1 aliphatic heterocycles. The lowest BCUT2D eigenvalue weighted by molar-refractivity contribution is -0.119. The van der Waals surface area contributed by atoms with E-state index in [-0.39, 0.29) is 26.5 Å². The molecule has 3 aromatic rings. The fraction of sp³-hybridized carbons (Fsp3) is 0.192.